The van der Waals surface area contributed by atoms with Crippen LogP contribution in [-0.2, 0) is 26.2 Å². The lowest BCUT2D eigenvalue weighted by Gasteiger charge is -2.33. The molecule has 0 spiro atoms. The van der Waals surface area contributed by atoms with Gasteiger partial charge in [0.1, 0.15) is 18.4 Å². The third-order valence-corrected chi connectivity index (χ3v) is 8.20. The van der Waals surface area contributed by atoms with E-state index in [1.165, 1.54) is 48.3 Å². The van der Waals surface area contributed by atoms with Crippen LogP contribution in [0.3, 0.4) is 0 Å². The molecule has 0 fully saturated rings. The van der Waals surface area contributed by atoms with E-state index in [0.717, 1.165) is 4.31 Å². The summed E-state index contributed by atoms with van der Waals surface area (Å²) in [4.78, 5) is 27.8. The van der Waals surface area contributed by atoms with Crippen LogP contribution >= 0.6 is 11.6 Å². The summed E-state index contributed by atoms with van der Waals surface area (Å²) in [6.45, 7) is 2.83. The maximum atomic E-state index is 13.8. The van der Waals surface area contributed by atoms with Crippen molar-refractivity contribution >= 4 is 39.1 Å². The average molecular weight is 546 g/mol. The standard InChI is InChI=1S/C27H29ClFN3O4S/c1-4-24(27(34)30-3)31(17-20-13-15-21(29)16-14-20)26(33)18-32(25-12-8-11-23(28)19(25)2)37(35,36)22-9-6-5-7-10-22/h5-16,24H,4,17-18H2,1-3H3,(H,30,34). The molecular formula is C27H29ClFN3O4S. The van der Waals surface area contributed by atoms with Crippen LogP contribution < -0.4 is 9.62 Å². The van der Waals surface area contributed by atoms with Gasteiger partial charge in [-0.25, -0.2) is 12.8 Å². The molecule has 3 rings (SSSR count). The molecule has 3 aromatic carbocycles. The van der Waals surface area contributed by atoms with Crippen molar-refractivity contribution in [2.75, 3.05) is 17.9 Å². The first-order valence-corrected chi connectivity index (χ1v) is 13.5. The van der Waals surface area contributed by atoms with Crippen molar-refractivity contribution in [3.05, 3.63) is 94.8 Å². The second-order valence-corrected chi connectivity index (χ2v) is 10.7. The minimum Gasteiger partial charge on any atom is -0.357 e. The highest BCUT2D eigenvalue weighted by Gasteiger charge is 2.34. The maximum Gasteiger partial charge on any atom is 0.264 e. The number of benzene rings is 3. The third kappa shape index (κ3) is 6.47. The maximum absolute atomic E-state index is 13.8. The Morgan fingerprint density at radius 1 is 1.00 bits per heavy atom. The van der Waals surface area contributed by atoms with Crippen molar-refractivity contribution in [2.45, 2.75) is 37.8 Å². The molecule has 1 atom stereocenters. The second kappa shape index (κ2) is 12.2. The van der Waals surface area contributed by atoms with Crippen molar-refractivity contribution in [3.63, 3.8) is 0 Å². The number of hydrogen-bond acceptors (Lipinski definition) is 4. The highest BCUT2D eigenvalue weighted by Crippen LogP contribution is 2.31. The van der Waals surface area contributed by atoms with Gasteiger partial charge in [0, 0.05) is 18.6 Å². The van der Waals surface area contributed by atoms with Gasteiger partial charge < -0.3 is 10.2 Å². The molecule has 0 aliphatic carbocycles. The molecule has 0 bridgehead atoms. The molecule has 7 nitrogen and oxygen atoms in total. The van der Waals surface area contributed by atoms with E-state index >= 15 is 0 Å². The molecule has 0 aliphatic heterocycles. The number of anilines is 1. The number of rotatable bonds is 10. The van der Waals surface area contributed by atoms with E-state index in [1.807, 2.05) is 0 Å². The highest BCUT2D eigenvalue weighted by atomic mass is 35.5. The Hall–Kier alpha value is -3.43. The molecule has 1 N–H and O–H groups in total. The zero-order chi connectivity index (χ0) is 27.2. The Labute approximate surface area is 221 Å². The van der Waals surface area contributed by atoms with Crippen LogP contribution in [0.2, 0.25) is 5.02 Å². The van der Waals surface area contributed by atoms with Crippen molar-refractivity contribution in [1.29, 1.82) is 0 Å². The van der Waals surface area contributed by atoms with Crippen LogP contribution in [0, 0.1) is 12.7 Å². The normalized spacial score (nSPS) is 12.0. The van der Waals surface area contributed by atoms with Gasteiger partial charge in [-0.1, -0.05) is 54.9 Å². The predicted molar refractivity (Wildman–Crippen MR) is 142 cm³/mol. The number of carbonyl (C=O) groups excluding carboxylic acids is 2. The van der Waals surface area contributed by atoms with Gasteiger partial charge in [0.05, 0.1) is 10.6 Å². The molecule has 0 saturated heterocycles. The van der Waals surface area contributed by atoms with Gasteiger partial charge in [0.25, 0.3) is 10.0 Å². The molecule has 0 heterocycles. The molecular weight excluding hydrogens is 517 g/mol. The fraction of sp³-hybridized carbons (Fsp3) is 0.259. The second-order valence-electron chi connectivity index (χ2n) is 8.40. The van der Waals surface area contributed by atoms with Gasteiger partial charge in [-0.3, -0.25) is 13.9 Å². The van der Waals surface area contributed by atoms with Crippen LogP contribution in [0.1, 0.15) is 24.5 Å². The van der Waals surface area contributed by atoms with Gasteiger partial charge in [0.15, 0.2) is 0 Å². The Balaban J connectivity index is 2.09. The average Bonchev–Trinajstić information content (AvgIpc) is 2.90. The number of nitrogens with one attached hydrogen (secondary N) is 1. The summed E-state index contributed by atoms with van der Waals surface area (Å²) >= 11 is 6.31. The van der Waals surface area contributed by atoms with E-state index in [1.54, 1.807) is 50.2 Å². The largest absolute Gasteiger partial charge is 0.357 e. The van der Waals surface area contributed by atoms with Gasteiger partial charge in [0.2, 0.25) is 11.8 Å². The zero-order valence-electron chi connectivity index (χ0n) is 20.8. The number of sulfonamides is 1. The van der Waals surface area contributed by atoms with E-state index in [9.17, 15) is 22.4 Å². The van der Waals surface area contributed by atoms with Gasteiger partial charge in [-0.2, -0.15) is 0 Å². The smallest absolute Gasteiger partial charge is 0.264 e. The van der Waals surface area contributed by atoms with E-state index in [4.69, 9.17) is 11.6 Å². The molecule has 196 valence electrons. The zero-order valence-corrected chi connectivity index (χ0v) is 22.4. The number of amides is 2. The molecule has 2 amide bonds. The SMILES string of the molecule is CCC(C(=O)NC)N(Cc1ccc(F)cc1)C(=O)CN(c1cccc(Cl)c1C)S(=O)(=O)c1ccccc1. The quantitative estimate of drug-likeness (QED) is 0.405. The number of nitrogens with zero attached hydrogens (tertiary/aromatic N) is 2. The van der Waals surface area contributed by atoms with Crippen LogP contribution in [0.4, 0.5) is 10.1 Å². The molecule has 0 aromatic heterocycles. The summed E-state index contributed by atoms with van der Waals surface area (Å²) in [6.07, 6.45) is 0.286. The van der Waals surface area contributed by atoms with Gasteiger partial charge >= 0.3 is 0 Å². The lowest BCUT2D eigenvalue weighted by atomic mass is 10.1. The van der Waals surface area contributed by atoms with Crippen molar-refractivity contribution in [2.24, 2.45) is 0 Å². The first-order chi connectivity index (χ1) is 17.6. The van der Waals surface area contributed by atoms with E-state index < -0.39 is 40.2 Å². The molecule has 37 heavy (non-hydrogen) atoms. The predicted octanol–water partition coefficient (Wildman–Crippen LogP) is 4.54. The summed E-state index contributed by atoms with van der Waals surface area (Å²) in [7, 11) is -2.72. The van der Waals surface area contributed by atoms with Crippen LogP contribution in [0.25, 0.3) is 0 Å². The van der Waals surface area contributed by atoms with Crippen molar-refractivity contribution in [1.82, 2.24) is 10.2 Å². The van der Waals surface area contributed by atoms with Crippen molar-refractivity contribution in [3.8, 4) is 0 Å². The third-order valence-electron chi connectivity index (χ3n) is 6.02. The minimum absolute atomic E-state index is 0.00519. The molecule has 10 heteroatoms. The summed E-state index contributed by atoms with van der Waals surface area (Å²) in [5.41, 5.74) is 1.33. The van der Waals surface area contributed by atoms with Crippen LogP contribution in [0.5, 0.6) is 0 Å². The van der Waals surface area contributed by atoms with Crippen LogP contribution in [0.15, 0.2) is 77.7 Å². The number of likely N-dealkylation sites (N-methyl/N-ethyl adjacent to an activating group) is 1. The summed E-state index contributed by atoms with van der Waals surface area (Å²) in [5, 5.41) is 2.91. The molecule has 0 saturated carbocycles. The monoisotopic (exact) mass is 545 g/mol. The number of halogens is 2. The number of hydrogen-bond donors (Lipinski definition) is 1. The van der Waals surface area contributed by atoms with Gasteiger partial charge in [-0.05, 0) is 60.9 Å². The lowest BCUT2D eigenvalue weighted by Crippen LogP contribution is -2.51. The van der Waals surface area contributed by atoms with E-state index in [2.05, 4.69) is 5.32 Å². The summed E-state index contributed by atoms with van der Waals surface area (Å²) in [6, 6.07) is 17.3. The molecule has 0 radical (unpaired) electrons. The summed E-state index contributed by atoms with van der Waals surface area (Å²) < 4.78 is 42.0. The number of carbonyl (C=O) groups is 2. The fourth-order valence-electron chi connectivity index (χ4n) is 3.97. The molecule has 3 aromatic rings. The Morgan fingerprint density at radius 2 is 1.65 bits per heavy atom. The van der Waals surface area contributed by atoms with E-state index in [0.29, 0.717) is 16.1 Å². The first-order valence-electron chi connectivity index (χ1n) is 11.7. The molecule has 0 aliphatic rings. The molecule has 1 unspecified atom stereocenters. The first kappa shape index (κ1) is 28.1. The lowest BCUT2D eigenvalue weighted by molar-refractivity contribution is -0.140. The van der Waals surface area contributed by atoms with Crippen LogP contribution in [-0.4, -0.2) is 44.8 Å². The Morgan fingerprint density at radius 3 is 2.24 bits per heavy atom. The Kier molecular flexibility index (Phi) is 9.29. The van der Waals surface area contributed by atoms with E-state index in [-0.39, 0.29) is 23.5 Å². The fourth-order valence-corrected chi connectivity index (χ4v) is 5.63. The summed E-state index contributed by atoms with van der Waals surface area (Å²) in [5.74, 6) is -1.43. The topological polar surface area (TPSA) is 86.8 Å². The highest BCUT2D eigenvalue weighted by molar-refractivity contribution is 7.92. The van der Waals surface area contributed by atoms with Crippen molar-refractivity contribution < 1.29 is 22.4 Å². The van der Waals surface area contributed by atoms with Gasteiger partial charge in [-0.15, -0.1) is 0 Å². The Bertz CT molecular complexity index is 1350. The minimum atomic E-state index is -4.18.